The number of fused-ring (bicyclic) bond motifs is 1. The highest BCUT2D eigenvalue weighted by Gasteiger charge is 2.34. The van der Waals surface area contributed by atoms with Crippen LogP contribution in [0.3, 0.4) is 0 Å². The summed E-state index contributed by atoms with van der Waals surface area (Å²) in [7, 11) is 0. The van der Waals surface area contributed by atoms with E-state index in [1.807, 2.05) is 36.1 Å². The summed E-state index contributed by atoms with van der Waals surface area (Å²) < 4.78 is 5.62. The Morgan fingerprint density at radius 2 is 2.17 bits per heavy atom. The highest BCUT2D eigenvalue weighted by Crippen LogP contribution is 2.33. The van der Waals surface area contributed by atoms with Crippen LogP contribution in [0.15, 0.2) is 24.3 Å². The molecule has 3 unspecified atom stereocenters. The number of amides is 2. The number of piperidine rings is 1. The molecule has 1 fully saturated rings. The number of para-hydroxylation sites is 2. The van der Waals surface area contributed by atoms with Gasteiger partial charge in [-0.3, -0.25) is 14.5 Å². The second kappa shape index (κ2) is 6.81. The van der Waals surface area contributed by atoms with Gasteiger partial charge >= 0.3 is 0 Å². The molecule has 0 aliphatic carbocycles. The Labute approximate surface area is 142 Å². The molecule has 2 aliphatic heterocycles. The summed E-state index contributed by atoms with van der Waals surface area (Å²) in [6, 6.07) is 7.41. The van der Waals surface area contributed by atoms with Crippen LogP contribution in [0.5, 0.6) is 5.75 Å². The number of benzene rings is 1. The van der Waals surface area contributed by atoms with Gasteiger partial charge in [-0.25, -0.2) is 0 Å². The largest absolute Gasteiger partial charge is 0.479 e. The average molecular weight is 331 g/mol. The smallest absolute Gasteiger partial charge is 0.268 e. The van der Waals surface area contributed by atoms with E-state index in [9.17, 15) is 9.59 Å². The van der Waals surface area contributed by atoms with Crippen molar-refractivity contribution in [1.29, 1.82) is 0 Å². The van der Waals surface area contributed by atoms with Gasteiger partial charge in [0, 0.05) is 19.1 Å². The molecular weight excluding hydrogens is 306 g/mol. The van der Waals surface area contributed by atoms with Crippen molar-refractivity contribution in [2.45, 2.75) is 38.8 Å². The lowest BCUT2D eigenvalue weighted by Crippen LogP contribution is -2.52. The summed E-state index contributed by atoms with van der Waals surface area (Å²) in [4.78, 5) is 28.6. The zero-order valence-corrected chi connectivity index (χ0v) is 14.3. The summed E-state index contributed by atoms with van der Waals surface area (Å²) in [6.45, 7) is 5.16. The molecule has 1 aromatic rings. The third kappa shape index (κ3) is 3.24. The molecule has 2 heterocycles. The maximum atomic E-state index is 12.7. The molecule has 2 amide bonds. The normalized spacial score (nSPS) is 25.0. The van der Waals surface area contributed by atoms with Crippen molar-refractivity contribution < 1.29 is 14.3 Å². The summed E-state index contributed by atoms with van der Waals surface area (Å²) in [5.41, 5.74) is 6.66. The van der Waals surface area contributed by atoms with Crippen LogP contribution in [-0.2, 0) is 9.59 Å². The van der Waals surface area contributed by atoms with Crippen molar-refractivity contribution in [3.8, 4) is 5.75 Å². The Hall–Kier alpha value is -2.08. The van der Waals surface area contributed by atoms with E-state index in [1.54, 1.807) is 11.8 Å². The van der Waals surface area contributed by atoms with Gasteiger partial charge in [0.25, 0.3) is 5.91 Å². The lowest BCUT2D eigenvalue weighted by atomic mass is 9.92. The SMILES string of the molecule is CC1Oc2ccccc2N(CC(=O)N2CCCC(C(C)N)C2)C1=O. The van der Waals surface area contributed by atoms with E-state index >= 15 is 0 Å². The van der Waals surface area contributed by atoms with Crippen molar-refractivity contribution in [2.24, 2.45) is 11.7 Å². The molecule has 6 nitrogen and oxygen atoms in total. The third-order valence-corrected chi connectivity index (χ3v) is 4.92. The van der Waals surface area contributed by atoms with Gasteiger partial charge in [0.2, 0.25) is 5.91 Å². The summed E-state index contributed by atoms with van der Waals surface area (Å²) in [5.74, 6) is 0.763. The van der Waals surface area contributed by atoms with Crippen LogP contribution in [0.1, 0.15) is 26.7 Å². The minimum atomic E-state index is -0.578. The Morgan fingerprint density at radius 3 is 2.92 bits per heavy atom. The Kier molecular flexibility index (Phi) is 4.76. The van der Waals surface area contributed by atoms with Gasteiger partial charge in [0.05, 0.1) is 5.69 Å². The fraction of sp³-hybridized carbons (Fsp3) is 0.556. The molecular formula is C18H25N3O3. The van der Waals surface area contributed by atoms with Gasteiger partial charge in [0.15, 0.2) is 6.10 Å². The first-order chi connectivity index (χ1) is 11.5. The summed E-state index contributed by atoms with van der Waals surface area (Å²) >= 11 is 0. The Bertz CT molecular complexity index is 632. The van der Waals surface area contributed by atoms with Gasteiger partial charge in [-0.05, 0) is 44.7 Å². The van der Waals surface area contributed by atoms with E-state index in [1.165, 1.54) is 0 Å². The number of likely N-dealkylation sites (tertiary alicyclic amines) is 1. The number of hydrogen-bond donors (Lipinski definition) is 1. The predicted octanol–water partition coefficient (Wildman–Crippen LogP) is 1.39. The van der Waals surface area contributed by atoms with Crippen LogP contribution < -0.4 is 15.4 Å². The zero-order valence-electron chi connectivity index (χ0n) is 14.3. The number of anilines is 1. The fourth-order valence-corrected chi connectivity index (χ4v) is 3.42. The van der Waals surface area contributed by atoms with Crippen LogP contribution in [-0.4, -0.2) is 48.5 Å². The molecule has 0 aromatic heterocycles. The Balaban J connectivity index is 1.75. The van der Waals surface area contributed by atoms with Crippen LogP contribution in [0.25, 0.3) is 0 Å². The maximum absolute atomic E-state index is 12.7. The molecule has 2 aliphatic rings. The first kappa shape index (κ1) is 16.8. The molecule has 0 spiro atoms. The molecule has 6 heteroatoms. The van der Waals surface area contributed by atoms with E-state index in [-0.39, 0.29) is 24.4 Å². The molecule has 130 valence electrons. The minimum absolute atomic E-state index is 0.0300. The van der Waals surface area contributed by atoms with Gasteiger partial charge < -0.3 is 15.4 Å². The highest BCUT2D eigenvalue weighted by molar-refractivity contribution is 6.03. The topological polar surface area (TPSA) is 75.9 Å². The number of nitrogens with two attached hydrogens (primary N) is 1. The Morgan fingerprint density at radius 1 is 1.42 bits per heavy atom. The number of ether oxygens (including phenoxy) is 1. The van der Waals surface area contributed by atoms with E-state index < -0.39 is 6.10 Å². The first-order valence-electron chi connectivity index (χ1n) is 8.58. The van der Waals surface area contributed by atoms with Crippen molar-refractivity contribution in [1.82, 2.24) is 4.90 Å². The van der Waals surface area contributed by atoms with E-state index in [2.05, 4.69) is 0 Å². The van der Waals surface area contributed by atoms with Crippen LogP contribution >= 0.6 is 0 Å². The van der Waals surface area contributed by atoms with Crippen molar-refractivity contribution in [3.63, 3.8) is 0 Å². The predicted molar refractivity (Wildman–Crippen MR) is 91.8 cm³/mol. The number of rotatable bonds is 3. The minimum Gasteiger partial charge on any atom is -0.479 e. The second-order valence-electron chi connectivity index (χ2n) is 6.75. The number of carbonyl (C=O) groups excluding carboxylic acids is 2. The monoisotopic (exact) mass is 331 g/mol. The second-order valence-corrected chi connectivity index (χ2v) is 6.75. The molecule has 0 radical (unpaired) electrons. The van der Waals surface area contributed by atoms with Crippen molar-refractivity contribution in [2.75, 3.05) is 24.5 Å². The van der Waals surface area contributed by atoms with Crippen molar-refractivity contribution >= 4 is 17.5 Å². The molecule has 1 saturated heterocycles. The maximum Gasteiger partial charge on any atom is 0.268 e. The van der Waals surface area contributed by atoms with Crippen LogP contribution in [0.4, 0.5) is 5.69 Å². The van der Waals surface area contributed by atoms with E-state index in [0.29, 0.717) is 23.9 Å². The van der Waals surface area contributed by atoms with Crippen LogP contribution in [0.2, 0.25) is 0 Å². The van der Waals surface area contributed by atoms with E-state index in [4.69, 9.17) is 10.5 Å². The summed E-state index contributed by atoms with van der Waals surface area (Å²) in [5, 5.41) is 0. The zero-order chi connectivity index (χ0) is 17.3. The number of hydrogen-bond acceptors (Lipinski definition) is 4. The average Bonchev–Trinajstić information content (AvgIpc) is 2.58. The molecule has 24 heavy (non-hydrogen) atoms. The molecule has 3 atom stereocenters. The van der Waals surface area contributed by atoms with E-state index in [0.717, 1.165) is 19.4 Å². The quantitative estimate of drug-likeness (QED) is 0.908. The molecule has 3 rings (SSSR count). The van der Waals surface area contributed by atoms with Gasteiger partial charge in [-0.2, -0.15) is 0 Å². The molecule has 0 saturated carbocycles. The molecule has 0 bridgehead atoms. The summed E-state index contributed by atoms with van der Waals surface area (Å²) in [6.07, 6.45) is 1.44. The van der Waals surface area contributed by atoms with Crippen LogP contribution in [0, 0.1) is 5.92 Å². The number of carbonyl (C=O) groups is 2. The molecule has 1 aromatic carbocycles. The van der Waals surface area contributed by atoms with Crippen molar-refractivity contribution in [3.05, 3.63) is 24.3 Å². The van der Waals surface area contributed by atoms with Gasteiger partial charge in [-0.1, -0.05) is 12.1 Å². The fourth-order valence-electron chi connectivity index (χ4n) is 3.42. The first-order valence-corrected chi connectivity index (χ1v) is 8.58. The lowest BCUT2D eigenvalue weighted by Gasteiger charge is -2.37. The number of nitrogens with zero attached hydrogens (tertiary/aromatic N) is 2. The molecule has 2 N–H and O–H groups in total. The standard InChI is InChI=1S/C18H25N3O3/c1-12(19)14-6-5-9-20(10-14)17(22)11-21-15-7-3-4-8-16(15)24-13(2)18(21)23/h3-4,7-8,12-14H,5-6,9-11,19H2,1-2H3. The van der Waals surface area contributed by atoms with Gasteiger partial charge in [-0.15, -0.1) is 0 Å². The third-order valence-electron chi connectivity index (χ3n) is 4.92. The lowest BCUT2D eigenvalue weighted by molar-refractivity contribution is -0.134. The van der Waals surface area contributed by atoms with Gasteiger partial charge in [0.1, 0.15) is 12.3 Å². The highest BCUT2D eigenvalue weighted by atomic mass is 16.5.